The molecule has 0 aliphatic heterocycles. The van der Waals surface area contributed by atoms with Gasteiger partial charge in [-0.15, -0.1) is 0 Å². The van der Waals surface area contributed by atoms with Crippen LogP contribution in [0, 0.1) is 12.7 Å². The number of nitrogens with zero attached hydrogens (tertiary/aromatic N) is 2. The molecule has 2 aromatic rings. The van der Waals surface area contributed by atoms with Gasteiger partial charge in [0.05, 0.1) is 22.6 Å². The molecule has 0 atom stereocenters. The predicted octanol–water partition coefficient (Wildman–Crippen LogP) is 2.67. The van der Waals surface area contributed by atoms with Crippen molar-refractivity contribution < 1.29 is 14.3 Å². The van der Waals surface area contributed by atoms with Gasteiger partial charge < -0.3 is 5.11 Å². The lowest BCUT2D eigenvalue weighted by atomic mass is 10.2. The van der Waals surface area contributed by atoms with Gasteiger partial charge in [-0.05, 0) is 25.1 Å². The van der Waals surface area contributed by atoms with E-state index in [1.165, 1.54) is 29.1 Å². The van der Waals surface area contributed by atoms with Crippen LogP contribution in [0.3, 0.4) is 0 Å². The van der Waals surface area contributed by atoms with Crippen molar-refractivity contribution in [2.24, 2.45) is 0 Å². The standard InChI is InChI=1S/C11H8ClFN2O2/c1-6-8(11(16)17)5-14-15(6)7-2-3-10(13)9(12)4-7/h2-5H,1H3,(H,16,17). The minimum absolute atomic E-state index is 0.0331. The molecule has 0 aliphatic carbocycles. The lowest BCUT2D eigenvalue weighted by molar-refractivity contribution is 0.0696. The van der Waals surface area contributed by atoms with Gasteiger partial charge in [0.2, 0.25) is 0 Å². The maximum Gasteiger partial charge on any atom is 0.339 e. The van der Waals surface area contributed by atoms with Gasteiger partial charge in [-0.2, -0.15) is 5.10 Å². The van der Waals surface area contributed by atoms with Crippen LogP contribution in [0.25, 0.3) is 5.69 Å². The first-order chi connectivity index (χ1) is 8.00. The van der Waals surface area contributed by atoms with E-state index >= 15 is 0 Å². The minimum Gasteiger partial charge on any atom is -0.478 e. The summed E-state index contributed by atoms with van der Waals surface area (Å²) in [7, 11) is 0. The Morgan fingerprint density at radius 1 is 1.53 bits per heavy atom. The summed E-state index contributed by atoms with van der Waals surface area (Å²) < 4.78 is 14.4. The minimum atomic E-state index is -1.05. The van der Waals surface area contributed by atoms with E-state index in [4.69, 9.17) is 16.7 Å². The fourth-order valence-electron chi connectivity index (χ4n) is 1.50. The average molecular weight is 255 g/mol. The number of hydrogen-bond acceptors (Lipinski definition) is 2. The molecular formula is C11H8ClFN2O2. The summed E-state index contributed by atoms with van der Waals surface area (Å²) in [4.78, 5) is 10.8. The van der Waals surface area contributed by atoms with E-state index < -0.39 is 11.8 Å². The molecule has 17 heavy (non-hydrogen) atoms. The summed E-state index contributed by atoms with van der Waals surface area (Å²) in [6, 6.07) is 4.08. The molecule has 88 valence electrons. The van der Waals surface area contributed by atoms with Crippen LogP contribution in [0.15, 0.2) is 24.4 Å². The highest BCUT2D eigenvalue weighted by molar-refractivity contribution is 6.30. The molecule has 4 nitrogen and oxygen atoms in total. The molecule has 0 saturated carbocycles. The molecule has 0 radical (unpaired) electrons. The molecule has 6 heteroatoms. The van der Waals surface area contributed by atoms with Gasteiger partial charge in [0, 0.05) is 0 Å². The number of benzene rings is 1. The van der Waals surface area contributed by atoms with Crippen molar-refractivity contribution in [1.82, 2.24) is 9.78 Å². The van der Waals surface area contributed by atoms with Crippen LogP contribution in [0.1, 0.15) is 16.1 Å². The molecule has 0 unspecified atom stereocenters. The summed E-state index contributed by atoms with van der Waals surface area (Å²) in [6.07, 6.45) is 1.24. The molecule has 0 spiro atoms. The third-order valence-electron chi connectivity index (χ3n) is 2.39. The number of aromatic carboxylic acids is 1. The summed E-state index contributed by atoms with van der Waals surface area (Å²) >= 11 is 5.65. The highest BCUT2D eigenvalue weighted by Crippen LogP contribution is 2.20. The topological polar surface area (TPSA) is 55.1 Å². The van der Waals surface area contributed by atoms with Gasteiger partial charge in [-0.1, -0.05) is 11.6 Å². The first kappa shape index (κ1) is 11.6. The number of carboxylic acids is 1. The highest BCUT2D eigenvalue weighted by atomic mass is 35.5. The van der Waals surface area contributed by atoms with Gasteiger partial charge in [-0.3, -0.25) is 0 Å². The van der Waals surface area contributed by atoms with Gasteiger partial charge in [0.15, 0.2) is 0 Å². The number of hydrogen-bond donors (Lipinski definition) is 1. The van der Waals surface area contributed by atoms with Gasteiger partial charge in [0.1, 0.15) is 11.4 Å². The maximum absolute atomic E-state index is 13.0. The summed E-state index contributed by atoms with van der Waals surface area (Å²) in [6.45, 7) is 1.62. The van der Waals surface area contributed by atoms with E-state index in [1.807, 2.05) is 0 Å². The fourth-order valence-corrected chi connectivity index (χ4v) is 1.67. The third-order valence-corrected chi connectivity index (χ3v) is 2.68. The van der Waals surface area contributed by atoms with Crippen LogP contribution in [0.4, 0.5) is 4.39 Å². The van der Waals surface area contributed by atoms with Crippen LogP contribution in [-0.2, 0) is 0 Å². The Hall–Kier alpha value is -1.88. The largest absolute Gasteiger partial charge is 0.478 e. The Morgan fingerprint density at radius 3 is 2.76 bits per heavy atom. The van der Waals surface area contributed by atoms with Crippen LogP contribution < -0.4 is 0 Å². The van der Waals surface area contributed by atoms with E-state index in [0.717, 1.165) is 0 Å². The van der Waals surface area contributed by atoms with Crippen molar-refractivity contribution in [2.45, 2.75) is 6.92 Å². The smallest absolute Gasteiger partial charge is 0.339 e. The van der Waals surface area contributed by atoms with E-state index in [0.29, 0.717) is 11.4 Å². The monoisotopic (exact) mass is 254 g/mol. The molecule has 0 fully saturated rings. The SMILES string of the molecule is Cc1c(C(=O)O)cnn1-c1ccc(F)c(Cl)c1. The van der Waals surface area contributed by atoms with Crippen LogP contribution in [0.2, 0.25) is 5.02 Å². The Kier molecular flexibility index (Phi) is 2.85. The lowest BCUT2D eigenvalue weighted by Crippen LogP contribution is -2.02. The zero-order valence-electron chi connectivity index (χ0n) is 8.82. The van der Waals surface area contributed by atoms with E-state index in [9.17, 15) is 9.18 Å². The normalized spacial score (nSPS) is 10.5. The zero-order valence-corrected chi connectivity index (χ0v) is 9.57. The van der Waals surface area contributed by atoms with E-state index in [-0.39, 0.29) is 10.6 Å². The van der Waals surface area contributed by atoms with Crippen molar-refractivity contribution in [3.8, 4) is 5.69 Å². The molecule has 1 aromatic carbocycles. The summed E-state index contributed by atoms with van der Waals surface area (Å²) in [5, 5.41) is 12.8. The van der Waals surface area contributed by atoms with Crippen molar-refractivity contribution in [3.05, 3.63) is 46.5 Å². The molecular weight excluding hydrogens is 247 g/mol. The molecule has 1 N–H and O–H groups in total. The number of aromatic nitrogens is 2. The van der Waals surface area contributed by atoms with E-state index in [1.54, 1.807) is 6.92 Å². The maximum atomic E-state index is 13.0. The van der Waals surface area contributed by atoms with Crippen molar-refractivity contribution in [2.75, 3.05) is 0 Å². The Labute approximate surface area is 101 Å². The first-order valence-electron chi connectivity index (χ1n) is 4.74. The van der Waals surface area contributed by atoms with Crippen LogP contribution in [-0.4, -0.2) is 20.9 Å². The Bertz CT molecular complexity index is 595. The molecule has 0 amide bonds. The zero-order chi connectivity index (χ0) is 12.6. The van der Waals surface area contributed by atoms with Crippen molar-refractivity contribution >= 4 is 17.6 Å². The molecule has 2 rings (SSSR count). The number of halogens is 2. The molecule has 0 bridgehead atoms. The molecule has 0 aliphatic rings. The quantitative estimate of drug-likeness (QED) is 0.896. The van der Waals surface area contributed by atoms with Crippen molar-refractivity contribution in [3.63, 3.8) is 0 Å². The van der Waals surface area contributed by atoms with Gasteiger partial charge in [-0.25, -0.2) is 13.9 Å². The predicted molar refractivity (Wildman–Crippen MR) is 60.2 cm³/mol. The van der Waals surface area contributed by atoms with E-state index in [2.05, 4.69) is 5.10 Å². The lowest BCUT2D eigenvalue weighted by Gasteiger charge is -2.05. The third kappa shape index (κ3) is 2.01. The van der Waals surface area contributed by atoms with Gasteiger partial charge >= 0.3 is 5.97 Å². The highest BCUT2D eigenvalue weighted by Gasteiger charge is 2.14. The van der Waals surface area contributed by atoms with Crippen LogP contribution in [0.5, 0.6) is 0 Å². The van der Waals surface area contributed by atoms with Crippen molar-refractivity contribution in [1.29, 1.82) is 0 Å². The number of carboxylic acid groups (broad SMARTS) is 1. The molecule has 1 aromatic heterocycles. The Balaban J connectivity index is 2.53. The summed E-state index contributed by atoms with van der Waals surface area (Å²) in [5.41, 5.74) is 1.08. The fraction of sp³-hybridized carbons (Fsp3) is 0.0909. The second-order valence-electron chi connectivity index (χ2n) is 3.46. The Morgan fingerprint density at radius 2 is 2.24 bits per heavy atom. The second-order valence-corrected chi connectivity index (χ2v) is 3.87. The number of carbonyl (C=O) groups is 1. The number of rotatable bonds is 2. The second kappa shape index (κ2) is 4.18. The van der Waals surface area contributed by atoms with Crippen LogP contribution >= 0.6 is 11.6 Å². The molecule has 0 saturated heterocycles. The average Bonchev–Trinajstić information content (AvgIpc) is 2.64. The first-order valence-corrected chi connectivity index (χ1v) is 5.12. The van der Waals surface area contributed by atoms with Gasteiger partial charge in [0.25, 0.3) is 0 Å². The summed E-state index contributed by atoms with van der Waals surface area (Å²) in [5.74, 6) is -1.58. The molecule has 1 heterocycles.